The van der Waals surface area contributed by atoms with Crippen LogP contribution in [0.25, 0.3) is 22.4 Å². The number of aryl methyl sites for hydroxylation is 1. The van der Waals surface area contributed by atoms with E-state index in [4.69, 9.17) is 0 Å². The molecule has 146 valence electrons. The van der Waals surface area contributed by atoms with E-state index in [2.05, 4.69) is 9.97 Å². The first kappa shape index (κ1) is 19.1. The van der Waals surface area contributed by atoms with Crippen molar-refractivity contribution in [2.75, 3.05) is 0 Å². The number of aromatic nitrogens is 4. The van der Waals surface area contributed by atoms with Crippen molar-refractivity contribution >= 4 is 22.8 Å². The number of rotatable bonds is 4. The van der Waals surface area contributed by atoms with Gasteiger partial charge in [0.25, 0.3) is 5.56 Å². The van der Waals surface area contributed by atoms with Gasteiger partial charge in [0, 0.05) is 25.4 Å². The quantitative estimate of drug-likeness (QED) is 0.383. The summed E-state index contributed by atoms with van der Waals surface area (Å²) in [6.07, 6.45) is 0. The standard InChI is InChI=1S/C21H17FN4O2S/c1-25-18-16(20(27)26(2)21(25)28)19(29-12-13-7-6-10-15(22)11-13)24-17(23-18)14-8-4-3-5-9-14/h3-11H,12H2,1-2H3. The summed E-state index contributed by atoms with van der Waals surface area (Å²) in [6, 6.07) is 15.6. The van der Waals surface area contributed by atoms with Gasteiger partial charge < -0.3 is 0 Å². The highest BCUT2D eigenvalue weighted by Gasteiger charge is 2.18. The van der Waals surface area contributed by atoms with Crippen LogP contribution in [0, 0.1) is 5.82 Å². The lowest BCUT2D eigenvalue weighted by atomic mass is 10.2. The zero-order valence-corrected chi connectivity index (χ0v) is 16.6. The molecule has 0 saturated carbocycles. The first-order valence-electron chi connectivity index (χ1n) is 8.86. The molecular weight excluding hydrogens is 391 g/mol. The van der Waals surface area contributed by atoms with Crippen LogP contribution in [-0.2, 0) is 19.8 Å². The minimum Gasteiger partial charge on any atom is -0.280 e. The third-order valence-electron chi connectivity index (χ3n) is 4.56. The lowest BCUT2D eigenvalue weighted by Gasteiger charge is -2.12. The number of benzene rings is 2. The van der Waals surface area contributed by atoms with Crippen LogP contribution in [0.1, 0.15) is 5.56 Å². The number of halogens is 1. The highest BCUT2D eigenvalue weighted by Crippen LogP contribution is 2.28. The third kappa shape index (κ3) is 3.58. The Balaban J connectivity index is 1.92. The van der Waals surface area contributed by atoms with E-state index in [9.17, 15) is 14.0 Å². The van der Waals surface area contributed by atoms with Crippen LogP contribution in [0.15, 0.2) is 69.2 Å². The molecular formula is C21H17FN4O2S. The topological polar surface area (TPSA) is 69.8 Å². The molecule has 0 amide bonds. The number of fused-ring (bicyclic) bond motifs is 1. The molecule has 0 N–H and O–H groups in total. The highest BCUT2D eigenvalue weighted by molar-refractivity contribution is 7.98. The third-order valence-corrected chi connectivity index (χ3v) is 5.61. The van der Waals surface area contributed by atoms with E-state index in [1.807, 2.05) is 36.4 Å². The Morgan fingerprint density at radius 2 is 1.72 bits per heavy atom. The molecule has 6 nitrogen and oxygen atoms in total. The Hall–Kier alpha value is -3.26. The van der Waals surface area contributed by atoms with Crippen LogP contribution in [0.3, 0.4) is 0 Å². The molecule has 29 heavy (non-hydrogen) atoms. The number of thioether (sulfide) groups is 1. The molecule has 0 aliphatic carbocycles. The molecule has 0 aliphatic heterocycles. The van der Waals surface area contributed by atoms with Crippen molar-refractivity contribution < 1.29 is 4.39 Å². The summed E-state index contributed by atoms with van der Waals surface area (Å²) < 4.78 is 15.9. The first-order valence-corrected chi connectivity index (χ1v) is 9.84. The Morgan fingerprint density at radius 1 is 0.966 bits per heavy atom. The molecule has 4 aromatic rings. The van der Waals surface area contributed by atoms with Crippen LogP contribution in [0.2, 0.25) is 0 Å². The number of hydrogen-bond acceptors (Lipinski definition) is 5. The van der Waals surface area contributed by atoms with Gasteiger partial charge in [0.2, 0.25) is 0 Å². The summed E-state index contributed by atoms with van der Waals surface area (Å²) >= 11 is 1.31. The van der Waals surface area contributed by atoms with E-state index in [1.165, 1.54) is 35.5 Å². The molecule has 0 spiro atoms. The molecule has 0 fully saturated rings. The second kappa shape index (κ2) is 7.63. The van der Waals surface area contributed by atoms with E-state index in [0.29, 0.717) is 16.6 Å². The van der Waals surface area contributed by atoms with Crippen molar-refractivity contribution in [2.45, 2.75) is 10.8 Å². The molecule has 2 aromatic heterocycles. The largest absolute Gasteiger partial charge is 0.332 e. The molecule has 0 atom stereocenters. The predicted octanol–water partition coefficient (Wildman–Crippen LogP) is 3.13. The highest BCUT2D eigenvalue weighted by atomic mass is 32.2. The molecule has 0 saturated heterocycles. The summed E-state index contributed by atoms with van der Waals surface area (Å²) in [5.41, 5.74) is 0.902. The van der Waals surface area contributed by atoms with Gasteiger partial charge in [0.1, 0.15) is 16.2 Å². The second-order valence-electron chi connectivity index (χ2n) is 6.54. The van der Waals surface area contributed by atoms with Crippen molar-refractivity contribution in [3.05, 3.63) is 86.8 Å². The summed E-state index contributed by atoms with van der Waals surface area (Å²) in [4.78, 5) is 34.3. The van der Waals surface area contributed by atoms with Crippen molar-refractivity contribution in [3.8, 4) is 11.4 Å². The maximum atomic E-state index is 13.5. The molecule has 2 heterocycles. The predicted molar refractivity (Wildman–Crippen MR) is 111 cm³/mol. The fraction of sp³-hybridized carbons (Fsp3) is 0.143. The van der Waals surface area contributed by atoms with E-state index in [-0.39, 0.29) is 16.9 Å². The van der Waals surface area contributed by atoms with Crippen molar-refractivity contribution in [1.82, 2.24) is 19.1 Å². The summed E-state index contributed by atoms with van der Waals surface area (Å²) in [5, 5.41) is 0.727. The maximum absolute atomic E-state index is 13.5. The molecule has 0 bridgehead atoms. The zero-order valence-electron chi connectivity index (χ0n) is 15.8. The lowest BCUT2D eigenvalue weighted by Crippen LogP contribution is -2.37. The van der Waals surface area contributed by atoms with Gasteiger partial charge in [-0.2, -0.15) is 0 Å². The smallest absolute Gasteiger partial charge is 0.280 e. The molecule has 4 rings (SSSR count). The van der Waals surface area contributed by atoms with Gasteiger partial charge in [-0.1, -0.05) is 42.5 Å². The van der Waals surface area contributed by atoms with Gasteiger partial charge in [-0.05, 0) is 17.7 Å². The van der Waals surface area contributed by atoms with Gasteiger partial charge in [-0.25, -0.2) is 19.2 Å². The normalized spacial score (nSPS) is 11.1. The molecule has 2 aromatic carbocycles. The average Bonchev–Trinajstić information content (AvgIpc) is 2.74. The SMILES string of the molecule is Cn1c(=O)c2c(SCc3cccc(F)c3)nc(-c3ccccc3)nc2n(C)c1=O. The maximum Gasteiger partial charge on any atom is 0.332 e. The van der Waals surface area contributed by atoms with E-state index < -0.39 is 11.2 Å². The van der Waals surface area contributed by atoms with E-state index in [0.717, 1.165) is 15.7 Å². The minimum atomic E-state index is -0.457. The average molecular weight is 408 g/mol. The van der Waals surface area contributed by atoms with E-state index >= 15 is 0 Å². The monoisotopic (exact) mass is 408 g/mol. The number of nitrogens with zero attached hydrogens (tertiary/aromatic N) is 4. The van der Waals surface area contributed by atoms with Crippen molar-refractivity contribution in [3.63, 3.8) is 0 Å². The number of hydrogen-bond donors (Lipinski definition) is 0. The van der Waals surface area contributed by atoms with E-state index in [1.54, 1.807) is 13.1 Å². The molecule has 0 radical (unpaired) electrons. The fourth-order valence-electron chi connectivity index (χ4n) is 3.03. The minimum absolute atomic E-state index is 0.272. The van der Waals surface area contributed by atoms with Crippen LogP contribution < -0.4 is 11.2 Å². The van der Waals surface area contributed by atoms with Gasteiger partial charge in [-0.3, -0.25) is 13.9 Å². The Labute approximate surface area is 169 Å². The molecule has 8 heteroatoms. The lowest BCUT2D eigenvalue weighted by molar-refractivity contribution is 0.626. The summed E-state index contributed by atoms with van der Waals surface area (Å²) in [6.45, 7) is 0. The van der Waals surface area contributed by atoms with Crippen molar-refractivity contribution in [2.24, 2.45) is 14.1 Å². The molecule has 0 aliphatic rings. The Bertz CT molecular complexity index is 1330. The fourth-order valence-corrected chi connectivity index (χ4v) is 3.99. The van der Waals surface area contributed by atoms with Crippen molar-refractivity contribution in [1.29, 1.82) is 0 Å². The van der Waals surface area contributed by atoms with Crippen LogP contribution >= 0.6 is 11.8 Å². The second-order valence-corrected chi connectivity index (χ2v) is 7.51. The van der Waals surface area contributed by atoms with Gasteiger partial charge in [0.15, 0.2) is 11.5 Å². The van der Waals surface area contributed by atoms with Gasteiger partial charge in [-0.15, -0.1) is 11.8 Å². The molecule has 0 unspecified atom stereocenters. The van der Waals surface area contributed by atoms with Gasteiger partial charge in [0.05, 0.1) is 0 Å². The van der Waals surface area contributed by atoms with Crippen LogP contribution in [0.4, 0.5) is 4.39 Å². The summed E-state index contributed by atoms with van der Waals surface area (Å²) in [5.74, 6) is 0.520. The summed E-state index contributed by atoms with van der Waals surface area (Å²) in [7, 11) is 3.00. The zero-order chi connectivity index (χ0) is 20.5. The Kier molecular flexibility index (Phi) is 5.02. The van der Waals surface area contributed by atoms with Gasteiger partial charge >= 0.3 is 5.69 Å². The van der Waals surface area contributed by atoms with Crippen LogP contribution in [0.5, 0.6) is 0 Å². The Morgan fingerprint density at radius 3 is 2.45 bits per heavy atom. The van der Waals surface area contributed by atoms with Crippen LogP contribution in [-0.4, -0.2) is 19.1 Å². The first-order chi connectivity index (χ1) is 14.0.